The van der Waals surface area contributed by atoms with E-state index in [1.54, 1.807) is 38.1 Å². The molecule has 0 heterocycles. The highest BCUT2D eigenvalue weighted by atomic mass is 16.7. The molecule has 78 heavy (non-hydrogen) atoms. The number of nitrogens with two attached hydrogens (primary N) is 1. The van der Waals surface area contributed by atoms with Gasteiger partial charge in [0.25, 0.3) is 5.69 Å². The van der Waals surface area contributed by atoms with Crippen LogP contribution in [0.4, 0.5) is 21.0 Å². The maximum absolute atomic E-state index is 14.0. The second-order valence-corrected chi connectivity index (χ2v) is 18.7. The standard InChI is InChI=1S/C55H77N5O18/c1-39(2)51(49(63)36-41(11-9-26-57-54(56)67)52(65)58-43-18-15-40(16-19-43)37-77-55(68)78-48-22-20-44(21-23-48)60(69)70)59-53(66)42(17-24-50(64)71-3)35-45(61)25-28-73-30-32-75-34-33-74-31-29-72-27-10-12-46(62)38-76-47-13-7-5-4-6-8-14-47/h15-16,18-23,39,41-42,47,51H,4-7,9-13,17,24-38H2,1-3H3,(H,58,65)(H,59,66)(H3,56,57,67)/t41-,42-,47?,51+/m1/s1. The van der Waals surface area contributed by atoms with Crippen LogP contribution in [-0.2, 0) is 68.5 Å². The van der Waals surface area contributed by atoms with Gasteiger partial charge in [-0.1, -0.05) is 38.3 Å². The molecule has 1 aliphatic carbocycles. The Morgan fingerprint density at radius 1 is 0.744 bits per heavy atom. The second-order valence-electron chi connectivity index (χ2n) is 18.7. The molecule has 2 aromatic rings. The number of nitro groups is 1. The molecule has 5 N–H and O–H groups in total. The molecule has 0 aromatic heterocycles. The number of non-ortho nitro benzene ring substituents is 1. The molecule has 430 valence electrons. The number of carbonyl (C=O) groups excluding carboxylic acids is 8. The molecule has 0 radical (unpaired) electrons. The topological polar surface area (TPSA) is 316 Å². The van der Waals surface area contributed by atoms with Gasteiger partial charge in [0.05, 0.1) is 64.3 Å². The summed E-state index contributed by atoms with van der Waals surface area (Å²) < 4.78 is 42.8. The van der Waals surface area contributed by atoms with Crippen LogP contribution in [-0.4, -0.2) is 138 Å². The highest BCUT2D eigenvalue weighted by molar-refractivity contribution is 5.98. The first kappa shape index (κ1) is 65.4. The summed E-state index contributed by atoms with van der Waals surface area (Å²) in [4.78, 5) is 113. The van der Waals surface area contributed by atoms with Crippen molar-refractivity contribution in [3.63, 3.8) is 0 Å². The van der Waals surface area contributed by atoms with E-state index in [9.17, 15) is 48.5 Å². The van der Waals surface area contributed by atoms with Crippen molar-refractivity contribution in [3.05, 3.63) is 64.2 Å². The highest BCUT2D eigenvalue weighted by Crippen LogP contribution is 2.22. The van der Waals surface area contributed by atoms with Crippen LogP contribution in [0.15, 0.2) is 48.5 Å². The first-order valence-corrected chi connectivity index (χ1v) is 26.4. The van der Waals surface area contributed by atoms with Gasteiger partial charge in [0.15, 0.2) is 11.6 Å². The Morgan fingerprint density at radius 2 is 1.40 bits per heavy atom. The second kappa shape index (κ2) is 38.7. The number of anilines is 1. The van der Waals surface area contributed by atoms with Crippen molar-refractivity contribution in [3.8, 4) is 17.6 Å². The molecular formula is C55H77N5O18. The molecule has 0 saturated heterocycles. The number of Topliss-reactive ketones (excluding diaryl/α,β-unsaturated/α-hetero) is 3. The normalized spacial score (nSPS) is 14.2. The molecule has 2 aromatic carbocycles. The van der Waals surface area contributed by atoms with Crippen LogP contribution in [0.5, 0.6) is 5.75 Å². The zero-order valence-corrected chi connectivity index (χ0v) is 45.1. The van der Waals surface area contributed by atoms with Gasteiger partial charge in [0.2, 0.25) is 11.8 Å². The Labute approximate surface area is 455 Å². The minimum Gasteiger partial charge on any atom is -0.469 e. The molecule has 23 nitrogen and oxygen atoms in total. The van der Waals surface area contributed by atoms with Crippen molar-refractivity contribution in [1.29, 1.82) is 0 Å². The summed E-state index contributed by atoms with van der Waals surface area (Å²) in [5, 5.41) is 18.9. The number of hydrogen-bond acceptors (Lipinski definition) is 18. The third-order valence-corrected chi connectivity index (χ3v) is 12.1. The lowest BCUT2D eigenvalue weighted by Crippen LogP contribution is -2.48. The molecule has 3 rings (SSSR count). The van der Waals surface area contributed by atoms with Crippen molar-refractivity contribution >= 4 is 58.7 Å². The van der Waals surface area contributed by atoms with Gasteiger partial charge < -0.3 is 59.6 Å². The number of hydrogen-bond donors (Lipinski definition) is 4. The van der Waals surface area contributed by atoms with Crippen molar-refractivity contribution in [2.75, 3.05) is 78.4 Å². The van der Waals surface area contributed by atoms with Crippen LogP contribution in [0.1, 0.15) is 109 Å². The van der Waals surface area contributed by atoms with Gasteiger partial charge in [-0.25, -0.2) is 9.59 Å². The van der Waals surface area contributed by atoms with Crippen molar-refractivity contribution in [2.24, 2.45) is 23.5 Å². The average Bonchev–Trinajstić information content (AvgIpc) is 3.40. The maximum Gasteiger partial charge on any atom is 0.514 e. The summed E-state index contributed by atoms with van der Waals surface area (Å²) in [6.45, 7) is 5.78. The van der Waals surface area contributed by atoms with Crippen molar-refractivity contribution < 1.29 is 81.2 Å². The molecule has 23 heteroatoms. The van der Waals surface area contributed by atoms with E-state index in [4.69, 9.17) is 43.6 Å². The smallest absolute Gasteiger partial charge is 0.469 e. The number of benzene rings is 2. The lowest BCUT2D eigenvalue weighted by molar-refractivity contribution is -0.384. The maximum atomic E-state index is 14.0. The number of nitrogens with one attached hydrogen (secondary N) is 3. The molecule has 1 unspecified atom stereocenters. The Kier molecular flexibility index (Phi) is 32.4. The number of primary amides is 1. The lowest BCUT2D eigenvalue weighted by Gasteiger charge is -2.26. The van der Waals surface area contributed by atoms with E-state index < -0.39 is 64.5 Å². The zero-order chi connectivity index (χ0) is 56.9. The summed E-state index contributed by atoms with van der Waals surface area (Å²) in [7, 11) is 1.21. The zero-order valence-electron chi connectivity index (χ0n) is 45.1. The first-order chi connectivity index (χ1) is 37.5. The molecule has 0 saturated carbocycles. The number of ether oxygens (including phenoxy) is 8. The Morgan fingerprint density at radius 3 is 2.04 bits per heavy atom. The number of methoxy groups -OCH3 is 1. The fraction of sp³-hybridized carbons (Fsp3) is 0.600. The Bertz CT molecular complexity index is 2270. The molecule has 0 spiro atoms. The van der Waals surface area contributed by atoms with E-state index in [-0.39, 0.29) is 114 Å². The molecule has 0 bridgehead atoms. The fourth-order valence-corrected chi connectivity index (χ4v) is 7.76. The van der Waals surface area contributed by atoms with Gasteiger partial charge in [-0.2, -0.15) is 0 Å². The predicted molar refractivity (Wildman–Crippen MR) is 283 cm³/mol. The van der Waals surface area contributed by atoms with Crippen LogP contribution in [0, 0.1) is 39.7 Å². The molecule has 4 amide bonds. The molecule has 0 fully saturated rings. The van der Waals surface area contributed by atoms with Gasteiger partial charge in [0, 0.05) is 81.3 Å². The van der Waals surface area contributed by atoms with E-state index in [1.165, 1.54) is 31.4 Å². The Hall–Kier alpha value is -6.84. The van der Waals surface area contributed by atoms with Gasteiger partial charge >= 0.3 is 18.2 Å². The van der Waals surface area contributed by atoms with Crippen LogP contribution in [0.3, 0.4) is 0 Å². The molecule has 0 aliphatic heterocycles. The number of rotatable bonds is 40. The minimum absolute atomic E-state index is 0.0199. The number of ketones is 3. The fourth-order valence-electron chi connectivity index (χ4n) is 7.76. The SMILES string of the molecule is COC(=O)CC[C@H](CC(=O)CCOCCOCCOCCOCCCC(=O)COC1C#CCCCCC1)C(=O)N[C@H](C(=O)C[C@@H](CCCNC(N)=O)C(=O)Nc1ccc(COC(=O)Oc2ccc([N+](=O)[O-])cc2)cc1)C(C)C. The van der Waals surface area contributed by atoms with Crippen molar-refractivity contribution in [1.82, 2.24) is 10.6 Å². The predicted octanol–water partition coefficient (Wildman–Crippen LogP) is 6.10. The Balaban J connectivity index is 1.40. The summed E-state index contributed by atoms with van der Waals surface area (Å²) in [6, 6.07) is 9.31. The van der Waals surface area contributed by atoms with E-state index >= 15 is 0 Å². The van der Waals surface area contributed by atoms with Gasteiger partial charge in [-0.3, -0.25) is 38.9 Å². The first-order valence-electron chi connectivity index (χ1n) is 26.4. The van der Waals surface area contributed by atoms with Crippen LogP contribution < -0.4 is 26.4 Å². The molecule has 1 aliphatic rings. The van der Waals surface area contributed by atoms with Crippen LogP contribution in [0.25, 0.3) is 0 Å². The monoisotopic (exact) mass is 1100 g/mol. The van der Waals surface area contributed by atoms with Gasteiger partial charge in [0.1, 0.15) is 30.9 Å². The van der Waals surface area contributed by atoms with Crippen LogP contribution in [0.2, 0.25) is 0 Å². The third kappa shape index (κ3) is 29.1. The highest BCUT2D eigenvalue weighted by Gasteiger charge is 2.32. The minimum atomic E-state index is -1.07. The number of amides is 4. The summed E-state index contributed by atoms with van der Waals surface area (Å²) in [5.74, 6) is 1.44. The van der Waals surface area contributed by atoms with Gasteiger partial charge in [-0.15, -0.1) is 5.92 Å². The number of nitrogens with zero attached hydrogens (tertiary/aromatic N) is 1. The number of esters is 1. The van der Waals surface area contributed by atoms with E-state index in [2.05, 4.69) is 27.8 Å². The molecule has 4 atom stereocenters. The van der Waals surface area contributed by atoms with Crippen LogP contribution >= 0.6 is 0 Å². The number of nitro benzene ring substituents is 1. The largest absolute Gasteiger partial charge is 0.514 e. The molecular weight excluding hydrogens is 1020 g/mol. The number of carbonyl (C=O) groups is 8. The quantitative estimate of drug-likeness (QED) is 0.0146. The summed E-state index contributed by atoms with van der Waals surface area (Å²) in [5.41, 5.74) is 5.92. The number of urea groups is 1. The lowest BCUT2D eigenvalue weighted by atomic mass is 9.88. The summed E-state index contributed by atoms with van der Waals surface area (Å²) in [6.07, 6.45) is 4.50. The summed E-state index contributed by atoms with van der Waals surface area (Å²) >= 11 is 0. The average molecular weight is 1100 g/mol. The third-order valence-electron chi connectivity index (χ3n) is 12.1. The van der Waals surface area contributed by atoms with Crippen molar-refractivity contribution in [2.45, 2.75) is 122 Å². The van der Waals surface area contributed by atoms with Gasteiger partial charge in [-0.05, 0) is 80.7 Å². The van der Waals surface area contributed by atoms with E-state index in [1.807, 2.05) is 0 Å². The van der Waals surface area contributed by atoms with E-state index in [0.717, 1.165) is 32.1 Å². The van der Waals surface area contributed by atoms with E-state index in [0.29, 0.717) is 57.1 Å².